The molecule has 0 radical (unpaired) electrons. The zero-order valence-electron chi connectivity index (χ0n) is 13.4. The highest BCUT2D eigenvalue weighted by molar-refractivity contribution is 6.18. The third kappa shape index (κ3) is 3.37. The normalized spacial score (nSPS) is 11.1. The summed E-state index contributed by atoms with van der Waals surface area (Å²) in [5.74, 6) is -9.08. The topological polar surface area (TPSA) is 149 Å². The molecule has 2 rings (SSSR count). The monoisotopic (exact) mass is 398 g/mol. The number of benzene rings is 2. The third-order valence-corrected chi connectivity index (χ3v) is 3.70. The highest BCUT2D eigenvalue weighted by atomic mass is 19.4. The first kappa shape index (κ1) is 20.4. The van der Waals surface area contributed by atoms with Crippen molar-refractivity contribution in [3.63, 3.8) is 0 Å². The van der Waals surface area contributed by atoms with Crippen molar-refractivity contribution < 1.29 is 52.8 Å². The van der Waals surface area contributed by atoms with E-state index in [-0.39, 0.29) is 0 Å². The Balaban J connectivity index is 3.36. The van der Waals surface area contributed by atoms with Crippen molar-refractivity contribution in [2.45, 2.75) is 6.18 Å². The Morgan fingerprint density at radius 1 is 0.643 bits per heavy atom. The Hall–Kier alpha value is -3.89. The molecule has 0 saturated heterocycles. The van der Waals surface area contributed by atoms with E-state index in [0.717, 1.165) is 12.1 Å². The van der Waals surface area contributed by atoms with Gasteiger partial charge < -0.3 is 20.4 Å². The van der Waals surface area contributed by atoms with E-state index < -0.39 is 69.0 Å². The number of halogens is 3. The van der Waals surface area contributed by atoms with E-state index in [1.807, 2.05) is 0 Å². The van der Waals surface area contributed by atoms with Crippen LogP contribution in [0.15, 0.2) is 30.3 Å². The fraction of sp³-hybridized carbons (Fsp3) is 0.0588. The van der Waals surface area contributed by atoms with Gasteiger partial charge in [0.15, 0.2) is 0 Å². The second-order valence-corrected chi connectivity index (χ2v) is 5.33. The summed E-state index contributed by atoms with van der Waals surface area (Å²) in [5, 5.41) is 37.2. The molecule has 2 aromatic carbocycles. The van der Waals surface area contributed by atoms with Crippen LogP contribution in [0.4, 0.5) is 13.2 Å². The maximum absolute atomic E-state index is 13.8. The number of rotatable bonds is 5. The van der Waals surface area contributed by atoms with Gasteiger partial charge >= 0.3 is 30.1 Å². The van der Waals surface area contributed by atoms with Crippen molar-refractivity contribution >= 4 is 23.9 Å². The van der Waals surface area contributed by atoms with Crippen molar-refractivity contribution in [1.29, 1.82) is 0 Å². The molecule has 2 aromatic rings. The van der Waals surface area contributed by atoms with Gasteiger partial charge in [-0.05, 0) is 5.56 Å². The molecule has 0 spiro atoms. The fourth-order valence-electron chi connectivity index (χ4n) is 2.78. The maximum Gasteiger partial charge on any atom is 0.417 e. The molecule has 146 valence electrons. The lowest BCUT2D eigenvalue weighted by atomic mass is 9.83. The van der Waals surface area contributed by atoms with Crippen LogP contribution in [0.5, 0.6) is 0 Å². The molecule has 0 aromatic heterocycles. The van der Waals surface area contributed by atoms with Crippen molar-refractivity contribution in [3.05, 3.63) is 58.1 Å². The average Bonchev–Trinajstić information content (AvgIpc) is 2.58. The van der Waals surface area contributed by atoms with Crippen LogP contribution in [0.25, 0.3) is 11.1 Å². The van der Waals surface area contributed by atoms with Crippen LogP contribution in [0.2, 0.25) is 0 Å². The highest BCUT2D eigenvalue weighted by Crippen LogP contribution is 2.44. The lowest BCUT2D eigenvalue weighted by Crippen LogP contribution is -2.26. The molecular formula is C17H9F3O8. The molecule has 0 atom stereocenters. The van der Waals surface area contributed by atoms with Gasteiger partial charge in [-0.2, -0.15) is 13.2 Å². The second kappa shape index (κ2) is 7.02. The molecule has 4 N–H and O–H groups in total. The van der Waals surface area contributed by atoms with Crippen LogP contribution < -0.4 is 0 Å². The highest BCUT2D eigenvalue weighted by Gasteiger charge is 2.46. The Morgan fingerprint density at radius 3 is 1.39 bits per heavy atom. The first-order valence-corrected chi connectivity index (χ1v) is 7.19. The van der Waals surface area contributed by atoms with E-state index in [0.29, 0.717) is 0 Å². The number of hydrogen-bond donors (Lipinski definition) is 4. The second-order valence-electron chi connectivity index (χ2n) is 5.33. The van der Waals surface area contributed by atoms with Gasteiger partial charge in [-0.1, -0.05) is 30.3 Å². The molecule has 0 fully saturated rings. The van der Waals surface area contributed by atoms with Crippen molar-refractivity contribution in [2.75, 3.05) is 0 Å². The molecule has 0 unspecified atom stereocenters. The van der Waals surface area contributed by atoms with Gasteiger partial charge in [-0.3, -0.25) is 0 Å². The van der Waals surface area contributed by atoms with Gasteiger partial charge in [0.05, 0.1) is 27.8 Å². The molecule has 8 nitrogen and oxygen atoms in total. The van der Waals surface area contributed by atoms with Gasteiger partial charge in [-0.15, -0.1) is 0 Å². The SMILES string of the molecule is O=C(O)c1c(C(=O)O)c(C(=O)O)c(C(F)(F)F)c(-c2ccccc2)c1C(=O)O. The Morgan fingerprint density at radius 2 is 1.04 bits per heavy atom. The summed E-state index contributed by atoms with van der Waals surface area (Å²) >= 11 is 0. The van der Waals surface area contributed by atoms with Crippen molar-refractivity contribution in [1.82, 2.24) is 0 Å². The predicted molar refractivity (Wildman–Crippen MR) is 84.7 cm³/mol. The predicted octanol–water partition coefficient (Wildman–Crippen LogP) is 3.17. The van der Waals surface area contributed by atoms with E-state index in [1.54, 1.807) is 0 Å². The standard InChI is InChI=1S/C17H9F3O8/c18-17(19,20)12-7(6-4-2-1-3-5-6)8(13(21)22)9(14(23)24)10(15(25)26)11(12)16(27)28/h1-5H,(H,21,22)(H,23,24)(H,25,26)(H,27,28). The molecule has 0 saturated carbocycles. The van der Waals surface area contributed by atoms with Crippen LogP contribution in [0, 0.1) is 0 Å². The molecule has 0 bridgehead atoms. The molecule has 0 amide bonds. The summed E-state index contributed by atoms with van der Waals surface area (Å²) in [7, 11) is 0. The quantitative estimate of drug-likeness (QED) is 0.600. The minimum Gasteiger partial charge on any atom is -0.478 e. The molecule has 0 aliphatic rings. The number of carboxylic acid groups (broad SMARTS) is 4. The summed E-state index contributed by atoms with van der Waals surface area (Å²) < 4.78 is 41.3. The lowest BCUT2D eigenvalue weighted by molar-refractivity contribution is -0.137. The minimum atomic E-state index is -5.51. The summed E-state index contributed by atoms with van der Waals surface area (Å²) in [4.78, 5) is 46.3. The zero-order valence-corrected chi connectivity index (χ0v) is 13.4. The molecule has 0 aliphatic carbocycles. The molecule has 11 heteroatoms. The van der Waals surface area contributed by atoms with Gasteiger partial charge in [-0.25, -0.2) is 19.2 Å². The molecule has 28 heavy (non-hydrogen) atoms. The summed E-state index contributed by atoms with van der Waals surface area (Å²) in [6.07, 6.45) is -5.51. The van der Waals surface area contributed by atoms with Crippen LogP contribution in [-0.4, -0.2) is 44.3 Å². The minimum absolute atomic E-state index is 0.450. The maximum atomic E-state index is 13.8. The first-order valence-electron chi connectivity index (χ1n) is 7.19. The van der Waals surface area contributed by atoms with Crippen LogP contribution in [0.1, 0.15) is 47.0 Å². The fourth-order valence-corrected chi connectivity index (χ4v) is 2.78. The van der Waals surface area contributed by atoms with Gasteiger partial charge in [0.25, 0.3) is 0 Å². The van der Waals surface area contributed by atoms with E-state index in [2.05, 4.69) is 0 Å². The van der Waals surface area contributed by atoms with Gasteiger partial charge in [0, 0.05) is 5.56 Å². The number of alkyl halides is 3. The van der Waals surface area contributed by atoms with Crippen LogP contribution in [0.3, 0.4) is 0 Å². The van der Waals surface area contributed by atoms with Crippen LogP contribution >= 0.6 is 0 Å². The van der Waals surface area contributed by atoms with E-state index >= 15 is 0 Å². The summed E-state index contributed by atoms with van der Waals surface area (Å²) in [6, 6.07) is 5.82. The van der Waals surface area contributed by atoms with E-state index in [1.165, 1.54) is 18.2 Å². The number of aromatic carboxylic acids is 4. The Labute approximate surface area is 153 Å². The van der Waals surface area contributed by atoms with E-state index in [4.69, 9.17) is 0 Å². The lowest BCUT2D eigenvalue weighted by Gasteiger charge is -2.22. The molecular weight excluding hydrogens is 389 g/mol. The molecule has 0 heterocycles. The largest absolute Gasteiger partial charge is 0.478 e. The average molecular weight is 398 g/mol. The third-order valence-electron chi connectivity index (χ3n) is 3.70. The zero-order chi connectivity index (χ0) is 21.4. The number of carbonyl (C=O) groups is 4. The molecule has 0 aliphatic heterocycles. The Kier molecular flexibility index (Phi) is 5.12. The van der Waals surface area contributed by atoms with E-state index in [9.17, 15) is 52.8 Å². The van der Waals surface area contributed by atoms with Crippen molar-refractivity contribution in [2.24, 2.45) is 0 Å². The smallest absolute Gasteiger partial charge is 0.417 e. The van der Waals surface area contributed by atoms with Crippen LogP contribution in [-0.2, 0) is 6.18 Å². The first-order chi connectivity index (χ1) is 12.9. The summed E-state index contributed by atoms with van der Waals surface area (Å²) in [6.45, 7) is 0. The summed E-state index contributed by atoms with van der Waals surface area (Å²) in [5.41, 5.74) is -10.4. The van der Waals surface area contributed by atoms with Gasteiger partial charge in [0.2, 0.25) is 0 Å². The number of carboxylic acids is 4. The van der Waals surface area contributed by atoms with Crippen molar-refractivity contribution in [3.8, 4) is 11.1 Å². The van der Waals surface area contributed by atoms with Gasteiger partial charge in [0.1, 0.15) is 0 Å². The number of hydrogen-bond acceptors (Lipinski definition) is 4. The Bertz CT molecular complexity index is 1010.